The number of aryl methyl sites for hydroxylation is 2. The number of anilines is 2. The molecule has 1 atom stereocenters. The first-order valence-corrected chi connectivity index (χ1v) is 9.54. The maximum atomic E-state index is 13.2. The molecule has 0 saturated carbocycles. The fourth-order valence-electron chi connectivity index (χ4n) is 4.06. The number of rotatable bonds is 3. The van der Waals surface area contributed by atoms with Crippen molar-refractivity contribution in [2.75, 3.05) is 23.3 Å². The molecular formula is C22H23N3O3. The van der Waals surface area contributed by atoms with Gasteiger partial charge in [0.05, 0.1) is 11.3 Å². The molecule has 6 heteroatoms. The number of para-hydroxylation sites is 1. The molecule has 4 rings (SSSR count). The van der Waals surface area contributed by atoms with E-state index in [-0.39, 0.29) is 24.3 Å². The molecule has 144 valence electrons. The summed E-state index contributed by atoms with van der Waals surface area (Å²) in [5, 5.41) is 2.90. The zero-order valence-electron chi connectivity index (χ0n) is 16.1. The van der Waals surface area contributed by atoms with Crippen LogP contribution in [0.25, 0.3) is 0 Å². The van der Waals surface area contributed by atoms with E-state index in [0.717, 1.165) is 23.2 Å². The van der Waals surface area contributed by atoms with Gasteiger partial charge in [0.15, 0.2) is 0 Å². The summed E-state index contributed by atoms with van der Waals surface area (Å²) in [6, 6.07) is 12.3. The number of nitrogens with one attached hydrogen (secondary N) is 1. The Morgan fingerprint density at radius 3 is 2.71 bits per heavy atom. The second-order valence-electron chi connectivity index (χ2n) is 7.46. The molecule has 2 heterocycles. The highest BCUT2D eigenvalue weighted by Gasteiger charge is 2.42. The van der Waals surface area contributed by atoms with Gasteiger partial charge in [-0.3, -0.25) is 14.4 Å². The van der Waals surface area contributed by atoms with Crippen molar-refractivity contribution in [3.05, 3.63) is 59.2 Å². The van der Waals surface area contributed by atoms with Crippen LogP contribution >= 0.6 is 0 Å². The summed E-state index contributed by atoms with van der Waals surface area (Å²) >= 11 is 0. The molecule has 3 amide bonds. The second kappa shape index (κ2) is 7.11. The van der Waals surface area contributed by atoms with Gasteiger partial charge in [0.25, 0.3) is 5.91 Å². The van der Waals surface area contributed by atoms with Crippen LogP contribution in [-0.2, 0) is 9.59 Å². The molecule has 28 heavy (non-hydrogen) atoms. The highest BCUT2D eigenvalue weighted by atomic mass is 16.2. The van der Waals surface area contributed by atoms with E-state index >= 15 is 0 Å². The van der Waals surface area contributed by atoms with Crippen molar-refractivity contribution < 1.29 is 14.4 Å². The van der Waals surface area contributed by atoms with E-state index in [9.17, 15) is 14.4 Å². The molecule has 2 aromatic rings. The molecule has 6 nitrogen and oxygen atoms in total. The predicted octanol–water partition coefficient (Wildman–Crippen LogP) is 2.89. The van der Waals surface area contributed by atoms with Crippen molar-refractivity contribution in [3.63, 3.8) is 0 Å². The molecule has 0 unspecified atom stereocenters. The van der Waals surface area contributed by atoms with Crippen LogP contribution < -0.4 is 10.2 Å². The zero-order chi connectivity index (χ0) is 19.8. The van der Waals surface area contributed by atoms with Crippen LogP contribution in [0, 0.1) is 13.8 Å². The van der Waals surface area contributed by atoms with E-state index in [0.29, 0.717) is 24.2 Å². The van der Waals surface area contributed by atoms with E-state index in [1.54, 1.807) is 29.2 Å². The van der Waals surface area contributed by atoms with Gasteiger partial charge in [-0.05, 0) is 50.5 Å². The molecule has 1 saturated heterocycles. The third kappa shape index (κ3) is 3.15. The lowest BCUT2D eigenvalue weighted by Gasteiger charge is -2.25. The number of amides is 3. The number of hydrogen-bond donors (Lipinski definition) is 1. The molecule has 0 aliphatic carbocycles. The van der Waals surface area contributed by atoms with E-state index in [1.807, 2.05) is 32.0 Å². The largest absolute Gasteiger partial charge is 0.327 e. The van der Waals surface area contributed by atoms with Crippen LogP contribution in [0.5, 0.6) is 0 Å². The lowest BCUT2D eigenvalue weighted by molar-refractivity contribution is -0.124. The monoisotopic (exact) mass is 377 g/mol. The van der Waals surface area contributed by atoms with Crippen molar-refractivity contribution in [2.24, 2.45) is 0 Å². The summed E-state index contributed by atoms with van der Waals surface area (Å²) < 4.78 is 0. The predicted molar refractivity (Wildman–Crippen MR) is 107 cm³/mol. The quantitative estimate of drug-likeness (QED) is 0.894. The van der Waals surface area contributed by atoms with Gasteiger partial charge in [-0.15, -0.1) is 0 Å². The van der Waals surface area contributed by atoms with Crippen LogP contribution in [-0.4, -0.2) is 41.8 Å². The van der Waals surface area contributed by atoms with Gasteiger partial charge < -0.3 is 15.1 Å². The molecule has 2 aliphatic heterocycles. The normalized spacial score (nSPS) is 18.6. The van der Waals surface area contributed by atoms with Crippen LogP contribution in [0.4, 0.5) is 11.4 Å². The third-order valence-corrected chi connectivity index (χ3v) is 5.45. The van der Waals surface area contributed by atoms with Crippen LogP contribution in [0.1, 0.15) is 34.3 Å². The number of carbonyl (C=O) groups is 3. The topological polar surface area (TPSA) is 69.7 Å². The molecule has 0 bridgehead atoms. The number of fused-ring (bicyclic) bond motifs is 2. The summed E-state index contributed by atoms with van der Waals surface area (Å²) in [5.41, 5.74) is 3.78. The van der Waals surface area contributed by atoms with Crippen molar-refractivity contribution >= 4 is 29.1 Å². The van der Waals surface area contributed by atoms with E-state index < -0.39 is 6.04 Å². The summed E-state index contributed by atoms with van der Waals surface area (Å²) in [6.45, 7) is 4.38. The molecular weight excluding hydrogens is 354 g/mol. The highest BCUT2D eigenvalue weighted by Crippen LogP contribution is 2.32. The summed E-state index contributed by atoms with van der Waals surface area (Å²) in [5.74, 6) is -0.607. The standard InChI is InChI=1S/C22H23N3O3/c1-14-9-10-17(15(2)12-14)23-20(26)13-25-18-7-4-3-6-16(18)21(27)24-11-5-8-19(24)22(25)28/h3-4,6-7,9-10,12,19H,5,8,11,13H2,1-2H3,(H,23,26)/t19-/m1/s1. The van der Waals surface area contributed by atoms with Crippen molar-refractivity contribution in [1.82, 2.24) is 4.90 Å². The van der Waals surface area contributed by atoms with Crippen molar-refractivity contribution in [1.29, 1.82) is 0 Å². The van der Waals surface area contributed by atoms with Gasteiger partial charge in [-0.25, -0.2) is 0 Å². The minimum absolute atomic E-state index is 0.124. The molecule has 2 aliphatic rings. The van der Waals surface area contributed by atoms with Crippen LogP contribution in [0.3, 0.4) is 0 Å². The Kier molecular flexibility index (Phi) is 4.63. The van der Waals surface area contributed by atoms with Gasteiger partial charge in [0.2, 0.25) is 11.8 Å². The molecule has 0 spiro atoms. The molecule has 1 fully saturated rings. The SMILES string of the molecule is Cc1ccc(NC(=O)CN2C(=O)[C@H]3CCCN3C(=O)c3ccccc32)c(C)c1. The highest BCUT2D eigenvalue weighted by molar-refractivity contribution is 6.13. The minimum Gasteiger partial charge on any atom is -0.327 e. The Morgan fingerprint density at radius 2 is 1.93 bits per heavy atom. The summed E-state index contributed by atoms with van der Waals surface area (Å²) in [6.07, 6.45) is 1.43. The van der Waals surface area contributed by atoms with Gasteiger partial charge in [-0.2, -0.15) is 0 Å². The molecule has 2 aromatic carbocycles. The fraction of sp³-hybridized carbons (Fsp3) is 0.318. The Morgan fingerprint density at radius 1 is 1.14 bits per heavy atom. The third-order valence-electron chi connectivity index (χ3n) is 5.45. The molecule has 0 radical (unpaired) electrons. The number of nitrogens with zero attached hydrogens (tertiary/aromatic N) is 2. The number of hydrogen-bond acceptors (Lipinski definition) is 3. The number of carbonyl (C=O) groups excluding carboxylic acids is 3. The minimum atomic E-state index is -0.492. The fourth-order valence-corrected chi connectivity index (χ4v) is 4.06. The lowest BCUT2D eigenvalue weighted by Crippen LogP contribution is -2.47. The Labute approximate surface area is 164 Å². The first-order chi connectivity index (χ1) is 13.5. The summed E-state index contributed by atoms with van der Waals surface area (Å²) in [7, 11) is 0. The second-order valence-corrected chi connectivity index (χ2v) is 7.46. The van der Waals surface area contributed by atoms with Crippen LogP contribution in [0.15, 0.2) is 42.5 Å². The van der Waals surface area contributed by atoms with Gasteiger partial charge in [0.1, 0.15) is 12.6 Å². The van der Waals surface area contributed by atoms with E-state index in [2.05, 4.69) is 5.32 Å². The molecule has 1 N–H and O–H groups in total. The number of benzene rings is 2. The maximum Gasteiger partial charge on any atom is 0.256 e. The van der Waals surface area contributed by atoms with Crippen molar-refractivity contribution in [3.8, 4) is 0 Å². The Balaban J connectivity index is 1.63. The van der Waals surface area contributed by atoms with Crippen LogP contribution in [0.2, 0.25) is 0 Å². The first-order valence-electron chi connectivity index (χ1n) is 9.54. The first kappa shape index (κ1) is 18.2. The lowest BCUT2D eigenvalue weighted by atomic mass is 10.1. The Hall–Kier alpha value is -3.15. The zero-order valence-corrected chi connectivity index (χ0v) is 16.1. The smallest absolute Gasteiger partial charge is 0.256 e. The summed E-state index contributed by atoms with van der Waals surface area (Å²) in [4.78, 5) is 42.0. The van der Waals surface area contributed by atoms with E-state index in [4.69, 9.17) is 0 Å². The van der Waals surface area contributed by atoms with Gasteiger partial charge in [-0.1, -0.05) is 29.8 Å². The molecule has 0 aromatic heterocycles. The van der Waals surface area contributed by atoms with Crippen molar-refractivity contribution in [2.45, 2.75) is 32.7 Å². The van der Waals surface area contributed by atoms with Gasteiger partial charge in [0, 0.05) is 12.2 Å². The average Bonchev–Trinajstić information content (AvgIpc) is 3.14. The maximum absolute atomic E-state index is 13.2. The average molecular weight is 377 g/mol. The Bertz CT molecular complexity index is 969. The van der Waals surface area contributed by atoms with E-state index in [1.165, 1.54) is 4.90 Å². The van der Waals surface area contributed by atoms with Gasteiger partial charge >= 0.3 is 0 Å².